The molecule has 4 nitrogen and oxygen atoms in total. The lowest BCUT2D eigenvalue weighted by Crippen LogP contribution is -2.36. The van der Waals surface area contributed by atoms with Crippen molar-refractivity contribution in [3.8, 4) is 0 Å². The quantitative estimate of drug-likeness (QED) is 0.848. The number of aromatic nitrogens is 2. The molecule has 0 radical (unpaired) electrons. The lowest BCUT2D eigenvalue weighted by Gasteiger charge is -2.22. The van der Waals surface area contributed by atoms with Gasteiger partial charge in [-0.05, 0) is 45.7 Å². The molecule has 1 heterocycles. The second kappa shape index (κ2) is 4.76. The monoisotopic (exact) mass is 338 g/mol. The predicted molar refractivity (Wildman–Crippen MR) is 65.0 cm³/mol. The number of nitrogens with zero attached hydrogens (tertiary/aromatic N) is 2. The third-order valence-corrected chi connectivity index (χ3v) is 3.93. The molecule has 15 heavy (non-hydrogen) atoms. The number of methoxy groups -OCH3 is 1. The van der Waals surface area contributed by atoms with E-state index in [0.29, 0.717) is 15.5 Å². The van der Waals surface area contributed by atoms with Gasteiger partial charge in [0, 0.05) is 7.11 Å². The molecule has 0 aliphatic heterocycles. The number of ether oxygens (including phenoxy) is 1. The van der Waals surface area contributed by atoms with E-state index in [1.807, 2.05) is 13.8 Å². The van der Waals surface area contributed by atoms with Crippen molar-refractivity contribution in [2.45, 2.75) is 26.0 Å². The van der Waals surface area contributed by atoms with Crippen LogP contribution in [-0.2, 0) is 11.3 Å². The van der Waals surface area contributed by atoms with E-state index in [1.165, 1.54) is 4.68 Å². The van der Waals surface area contributed by atoms with Crippen molar-refractivity contribution < 1.29 is 4.74 Å². The number of halogens is 2. The van der Waals surface area contributed by atoms with Crippen LogP contribution in [0.1, 0.15) is 13.8 Å². The maximum absolute atomic E-state index is 11.8. The summed E-state index contributed by atoms with van der Waals surface area (Å²) in [5.41, 5.74) is -0.584. The molecule has 0 fully saturated rings. The van der Waals surface area contributed by atoms with Crippen LogP contribution in [0.15, 0.2) is 19.9 Å². The van der Waals surface area contributed by atoms with Crippen molar-refractivity contribution in [2.75, 3.05) is 7.11 Å². The highest BCUT2D eigenvalue weighted by molar-refractivity contribution is 9.13. The molecule has 0 aromatic carbocycles. The van der Waals surface area contributed by atoms with E-state index >= 15 is 0 Å². The molecular formula is C9H12Br2N2O2. The molecule has 0 N–H and O–H groups in total. The van der Waals surface area contributed by atoms with Crippen LogP contribution in [-0.4, -0.2) is 22.5 Å². The Bertz CT molecular complexity index is 415. The average Bonchev–Trinajstić information content (AvgIpc) is 2.19. The van der Waals surface area contributed by atoms with Crippen molar-refractivity contribution >= 4 is 31.9 Å². The summed E-state index contributed by atoms with van der Waals surface area (Å²) in [4.78, 5) is 11.8. The van der Waals surface area contributed by atoms with Crippen molar-refractivity contribution in [2.24, 2.45) is 0 Å². The summed E-state index contributed by atoms with van der Waals surface area (Å²) in [6.07, 6.45) is 1.58. The molecule has 0 aliphatic rings. The van der Waals surface area contributed by atoms with Gasteiger partial charge in [-0.25, -0.2) is 4.68 Å². The van der Waals surface area contributed by atoms with Crippen LogP contribution >= 0.6 is 31.9 Å². The topological polar surface area (TPSA) is 44.1 Å². The van der Waals surface area contributed by atoms with Gasteiger partial charge in [0.2, 0.25) is 0 Å². The van der Waals surface area contributed by atoms with Gasteiger partial charge in [0.05, 0.1) is 22.8 Å². The first-order valence-corrected chi connectivity index (χ1v) is 5.92. The van der Waals surface area contributed by atoms with Gasteiger partial charge in [-0.1, -0.05) is 0 Å². The molecule has 0 saturated carbocycles. The second-order valence-corrected chi connectivity index (χ2v) is 5.38. The molecule has 0 amide bonds. The Labute approximate surface area is 105 Å². The number of hydrogen-bond donors (Lipinski definition) is 0. The van der Waals surface area contributed by atoms with Crippen molar-refractivity contribution in [3.05, 3.63) is 25.5 Å². The van der Waals surface area contributed by atoms with E-state index in [1.54, 1.807) is 13.3 Å². The number of hydrogen-bond acceptors (Lipinski definition) is 3. The molecule has 6 heteroatoms. The third-order valence-electron chi connectivity index (χ3n) is 2.03. The minimum Gasteiger partial charge on any atom is -0.377 e. The molecule has 1 aromatic rings. The first-order valence-electron chi connectivity index (χ1n) is 4.33. The summed E-state index contributed by atoms with van der Waals surface area (Å²) in [6, 6.07) is 0. The van der Waals surface area contributed by atoms with Crippen LogP contribution < -0.4 is 5.56 Å². The van der Waals surface area contributed by atoms with Gasteiger partial charge >= 0.3 is 0 Å². The van der Waals surface area contributed by atoms with Crippen LogP contribution in [0.5, 0.6) is 0 Å². The Morgan fingerprint density at radius 1 is 1.53 bits per heavy atom. The predicted octanol–water partition coefficient (Wildman–Crippen LogP) is 2.19. The zero-order valence-electron chi connectivity index (χ0n) is 8.75. The van der Waals surface area contributed by atoms with E-state index in [4.69, 9.17) is 4.74 Å². The highest BCUT2D eigenvalue weighted by Crippen LogP contribution is 2.17. The van der Waals surface area contributed by atoms with E-state index in [9.17, 15) is 4.79 Å². The van der Waals surface area contributed by atoms with E-state index in [2.05, 4.69) is 37.0 Å². The third kappa shape index (κ3) is 3.12. The van der Waals surface area contributed by atoms with Gasteiger partial charge in [-0.15, -0.1) is 0 Å². The zero-order valence-corrected chi connectivity index (χ0v) is 11.9. The molecule has 0 aliphatic carbocycles. The minimum absolute atomic E-state index is 0.172. The average molecular weight is 340 g/mol. The molecule has 0 atom stereocenters. The van der Waals surface area contributed by atoms with Crippen LogP contribution in [0.2, 0.25) is 0 Å². The van der Waals surface area contributed by atoms with Gasteiger partial charge in [-0.2, -0.15) is 5.10 Å². The molecule has 84 valence electrons. The fourth-order valence-corrected chi connectivity index (χ4v) is 1.55. The Kier molecular flexibility index (Phi) is 4.08. The van der Waals surface area contributed by atoms with Gasteiger partial charge in [0.15, 0.2) is 0 Å². The van der Waals surface area contributed by atoms with Gasteiger partial charge in [0.25, 0.3) is 5.56 Å². The Balaban J connectivity index is 3.08. The van der Waals surface area contributed by atoms with E-state index in [-0.39, 0.29) is 5.56 Å². The Morgan fingerprint density at radius 2 is 2.13 bits per heavy atom. The van der Waals surface area contributed by atoms with Crippen LogP contribution in [0, 0.1) is 0 Å². The Hall–Kier alpha value is -0.200. The highest BCUT2D eigenvalue weighted by atomic mass is 79.9. The highest BCUT2D eigenvalue weighted by Gasteiger charge is 2.19. The number of rotatable bonds is 3. The zero-order chi connectivity index (χ0) is 11.6. The molecule has 1 rings (SSSR count). The molecule has 0 bridgehead atoms. The molecule has 1 aromatic heterocycles. The normalized spacial score (nSPS) is 11.8. The van der Waals surface area contributed by atoms with Crippen LogP contribution in [0.25, 0.3) is 0 Å². The second-order valence-electron chi connectivity index (χ2n) is 3.73. The van der Waals surface area contributed by atoms with Crippen LogP contribution in [0.4, 0.5) is 0 Å². The van der Waals surface area contributed by atoms with Gasteiger partial charge in [0.1, 0.15) is 4.47 Å². The molecular weight excluding hydrogens is 328 g/mol. The summed E-state index contributed by atoms with van der Waals surface area (Å²) < 4.78 is 7.74. The maximum Gasteiger partial charge on any atom is 0.282 e. The maximum atomic E-state index is 11.8. The smallest absolute Gasteiger partial charge is 0.282 e. The largest absolute Gasteiger partial charge is 0.377 e. The van der Waals surface area contributed by atoms with Gasteiger partial charge in [-0.3, -0.25) is 4.79 Å². The first-order chi connectivity index (χ1) is 6.87. The standard InChI is InChI=1S/C9H12Br2N2O2/c1-9(2,15-3)5-13-8(14)7(11)6(10)4-12-13/h4H,5H2,1-3H3. The fourth-order valence-electron chi connectivity index (χ4n) is 0.983. The van der Waals surface area contributed by atoms with Gasteiger partial charge < -0.3 is 4.74 Å². The summed E-state index contributed by atoms with van der Waals surface area (Å²) in [5, 5.41) is 4.02. The minimum atomic E-state index is -0.413. The SMILES string of the molecule is COC(C)(C)Cn1ncc(Br)c(Br)c1=O. The molecule has 0 spiro atoms. The van der Waals surface area contributed by atoms with E-state index < -0.39 is 5.60 Å². The van der Waals surface area contributed by atoms with Crippen molar-refractivity contribution in [3.63, 3.8) is 0 Å². The summed E-state index contributed by atoms with van der Waals surface area (Å²) in [7, 11) is 1.61. The molecule has 0 saturated heterocycles. The first kappa shape index (κ1) is 12.9. The Morgan fingerprint density at radius 3 is 2.67 bits per heavy atom. The van der Waals surface area contributed by atoms with Crippen molar-refractivity contribution in [1.29, 1.82) is 0 Å². The van der Waals surface area contributed by atoms with E-state index in [0.717, 1.165) is 0 Å². The summed E-state index contributed by atoms with van der Waals surface area (Å²) >= 11 is 6.42. The lowest BCUT2D eigenvalue weighted by molar-refractivity contribution is 0.00417. The van der Waals surface area contributed by atoms with Crippen molar-refractivity contribution in [1.82, 2.24) is 9.78 Å². The van der Waals surface area contributed by atoms with Crippen LogP contribution in [0.3, 0.4) is 0 Å². The summed E-state index contributed by atoms with van der Waals surface area (Å²) in [5.74, 6) is 0. The fraction of sp³-hybridized carbons (Fsp3) is 0.556. The molecule has 0 unspecified atom stereocenters. The summed E-state index contributed by atoms with van der Waals surface area (Å²) in [6.45, 7) is 4.21. The lowest BCUT2D eigenvalue weighted by atomic mass is 10.1.